The topological polar surface area (TPSA) is 59.2 Å². The van der Waals surface area contributed by atoms with Crippen LogP contribution in [0.3, 0.4) is 0 Å². The van der Waals surface area contributed by atoms with Crippen LogP contribution in [0, 0.1) is 5.82 Å². The number of halogens is 1. The van der Waals surface area contributed by atoms with Crippen LogP contribution in [0.1, 0.15) is 5.56 Å². The van der Waals surface area contributed by atoms with Crippen molar-refractivity contribution in [3.05, 3.63) is 59.9 Å². The molecule has 0 unspecified atom stereocenters. The Morgan fingerprint density at radius 2 is 1.89 bits per heavy atom. The number of amides is 1. The molecule has 2 aromatic carbocycles. The predicted octanol–water partition coefficient (Wildman–Crippen LogP) is 4.35. The highest BCUT2D eigenvalue weighted by molar-refractivity contribution is 7.99. The van der Waals surface area contributed by atoms with Crippen LogP contribution in [-0.4, -0.2) is 40.1 Å². The average Bonchev–Trinajstić information content (AvgIpc) is 3.15. The third kappa shape index (κ3) is 5.11. The number of hydrogen-bond donors (Lipinski definition) is 0. The monoisotopic (exact) mass is 403 g/mol. The van der Waals surface area contributed by atoms with Crippen LogP contribution in [-0.2, 0) is 11.3 Å². The van der Waals surface area contributed by atoms with Gasteiger partial charge in [-0.25, -0.2) is 4.39 Å². The minimum atomic E-state index is -0.430. The second kappa shape index (κ2) is 9.05. The number of benzene rings is 2. The summed E-state index contributed by atoms with van der Waals surface area (Å²) >= 11 is 2.82. The van der Waals surface area contributed by atoms with E-state index in [0.717, 1.165) is 17.3 Å². The molecule has 0 N–H and O–H groups in total. The first-order valence-corrected chi connectivity index (χ1v) is 10.4. The van der Waals surface area contributed by atoms with Gasteiger partial charge in [-0.3, -0.25) is 4.79 Å². The second-order valence-corrected chi connectivity index (χ2v) is 7.55. The first kappa shape index (κ1) is 19.4. The van der Waals surface area contributed by atoms with Gasteiger partial charge in [0, 0.05) is 18.5 Å². The van der Waals surface area contributed by atoms with Gasteiger partial charge in [0.15, 0.2) is 0 Å². The van der Waals surface area contributed by atoms with Crippen molar-refractivity contribution in [3.8, 4) is 11.5 Å². The van der Waals surface area contributed by atoms with Crippen molar-refractivity contribution in [3.63, 3.8) is 0 Å². The lowest BCUT2D eigenvalue weighted by molar-refractivity contribution is -0.127. The Morgan fingerprint density at radius 1 is 1.15 bits per heavy atom. The molecule has 0 aliphatic carbocycles. The summed E-state index contributed by atoms with van der Waals surface area (Å²) in [5.74, 6) is -0.218. The summed E-state index contributed by atoms with van der Waals surface area (Å²) in [6.45, 7) is 0.526. The van der Waals surface area contributed by atoms with E-state index in [4.69, 9.17) is 4.42 Å². The zero-order valence-electron chi connectivity index (χ0n) is 14.9. The van der Waals surface area contributed by atoms with Crippen molar-refractivity contribution in [2.24, 2.45) is 0 Å². The van der Waals surface area contributed by atoms with Gasteiger partial charge in [-0.1, -0.05) is 36.0 Å². The van der Waals surface area contributed by atoms with Crippen LogP contribution < -0.4 is 0 Å². The van der Waals surface area contributed by atoms with E-state index in [9.17, 15) is 9.18 Å². The van der Waals surface area contributed by atoms with Crippen LogP contribution in [0.15, 0.2) is 63.1 Å². The van der Waals surface area contributed by atoms with Gasteiger partial charge in [0.05, 0.1) is 11.3 Å². The van der Waals surface area contributed by atoms with Crippen molar-refractivity contribution in [1.29, 1.82) is 0 Å². The fourth-order valence-corrected chi connectivity index (χ4v) is 3.45. The molecular weight excluding hydrogens is 385 g/mol. The Labute approximate surface area is 165 Å². The molecule has 0 aliphatic rings. The zero-order valence-corrected chi connectivity index (χ0v) is 16.5. The normalized spacial score (nSPS) is 10.8. The van der Waals surface area contributed by atoms with E-state index in [1.165, 1.54) is 11.0 Å². The van der Waals surface area contributed by atoms with Gasteiger partial charge < -0.3 is 9.32 Å². The Bertz CT molecular complexity index is 915. The van der Waals surface area contributed by atoms with E-state index in [0.29, 0.717) is 6.54 Å². The molecule has 3 rings (SSSR count). The molecule has 0 radical (unpaired) electrons. The summed E-state index contributed by atoms with van der Waals surface area (Å²) in [7, 11) is 1.75. The number of carbonyl (C=O) groups is 1. The van der Waals surface area contributed by atoms with Crippen molar-refractivity contribution < 1.29 is 13.6 Å². The van der Waals surface area contributed by atoms with Gasteiger partial charge in [0.25, 0.3) is 11.1 Å². The molecule has 0 fully saturated rings. The van der Waals surface area contributed by atoms with Gasteiger partial charge in [-0.05, 0) is 36.1 Å². The smallest absolute Gasteiger partial charge is 0.277 e. The molecule has 0 spiro atoms. The highest BCUT2D eigenvalue weighted by Gasteiger charge is 2.15. The molecule has 8 heteroatoms. The Balaban J connectivity index is 1.55. The fraction of sp³-hybridized carbons (Fsp3) is 0.211. The lowest BCUT2D eigenvalue weighted by Crippen LogP contribution is -2.27. The van der Waals surface area contributed by atoms with Crippen molar-refractivity contribution in [1.82, 2.24) is 15.1 Å². The highest BCUT2D eigenvalue weighted by atomic mass is 32.2. The molecule has 0 atom stereocenters. The van der Waals surface area contributed by atoms with E-state index in [-0.39, 0.29) is 28.3 Å². The van der Waals surface area contributed by atoms with E-state index in [1.54, 1.807) is 41.9 Å². The highest BCUT2D eigenvalue weighted by Crippen LogP contribution is 2.25. The molecule has 1 heterocycles. The molecule has 0 bridgehead atoms. The summed E-state index contributed by atoms with van der Waals surface area (Å²) < 4.78 is 19.2. The van der Waals surface area contributed by atoms with Crippen molar-refractivity contribution >= 4 is 29.4 Å². The number of rotatable bonds is 7. The quantitative estimate of drug-likeness (QED) is 0.547. The Morgan fingerprint density at radius 3 is 2.59 bits per heavy atom. The number of hydrogen-bond acceptors (Lipinski definition) is 6. The molecule has 27 heavy (non-hydrogen) atoms. The summed E-state index contributed by atoms with van der Waals surface area (Å²) in [6, 6.07) is 14.3. The lowest BCUT2D eigenvalue weighted by atomic mass is 10.2. The van der Waals surface area contributed by atoms with E-state index >= 15 is 0 Å². The third-order valence-electron chi connectivity index (χ3n) is 3.83. The number of aromatic nitrogens is 2. The van der Waals surface area contributed by atoms with Gasteiger partial charge in [-0.15, -0.1) is 22.0 Å². The minimum absolute atomic E-state index is 0.0559. The van der Waals surface area contributed by atoms with E-state index < -0.39 is 5.82 Å². The van der Waals surface area contributed by atoms with Crippen LogP contribution in [0.4, 0.5) is 4.39 Å². The molecule has 3 aromatic rings. The summed E-state index contributed by atoms with van der Waals surface area (Å²) in [6.07, 6.45) is 2.02. The first-order chi connectivity index (χ1) is 13.1. The fourth-order valence-electron chi connectivity index (χ4n) is 2.34. The molecule has 1 aromatic heterocycles. The average molecular weight is 404 g/mol. The van der Waals surface area contributed by atoms with Gasteiger partial charge >= 0.3 is 0 Å². The van der Waals surface area contributed by atoms with Crippen LogP contribution in [0.2, 0.25) is 0 Å². The number of carbonyl (C=O) groups excluding carboxylic acids is 1. The SMILES string of the molecule is CSc1ccc(CN(C)C(=O)CSc2nnc(-c3ccccc3F)o2)cc1. The standard InChI is InChI=1S/C19H18FN3O2S2/c1-23(11-13-7-9-14(26-2)10-8-13)17(24)12-27-19-22-21-18(25-19)15-5-3-4-6-16(15)20/h3-10H,11-12H2,1-2H3. The van der Waals surface area contributed by atoms with Crippen LogP contribution in [0.5, 0.6) is 0 Å². The van der Waals surface area contributed by atoms with Crippen molar-refractivity contribution in [2.45, 2.75) is 16.7 Å². The summed E-state index contributed by atoms with van der Waals surface area (Å²) in [5.41, 5.74) is 1.31. The van der Waals surface area contributed by atoms with E-state index in [1.807, 2.05) is 30.5 Å². The Kier molecular flexibility index (Phi) is 6.52. The van der Waals surface area contributed by atoms with E-state index in [2.05, 4.69) is 10.2 Å². The lowest BCUT2D eigenvalue weighted by Gasteiger charge is -2.16. The summed E-state index contributed by atoms with van der Waals surface area (Å²) in [4.78, 5) is 15.2. The first-order valence-electron chi connectivity index (χ1n) is 8.15. The minimum Gasteiger partial charge on any atom is -0.411 e. The summed E-state index contributed by atoms with van der Waals surface area (Å²) in [5, 5.41) is 7.96. The third-order valence-corrected chi connectivity index (χ3v) is 5.38. The molecule has 0 saturated carbocycles. The van der Waals surface area contributed by atoms with Gasteiger partial charge in [-0.2, -0.15) is 0 Å². The molecule has 0 saturated heterocycles. The Hall–Kier alpha value is -2.32. The molecule has 5 nitrogen and oxygen atoms in total. The maximum Gasteiger partial charge on any atom is 0.277 e. The number of thioether (sulfide) groups is 2. The van der Waals surface area contributed by atoms with Crippen LogP contribution >= 0.6 is 23.5 Å². The maximum absolute atomic E-state index is 13.8. The largest absolute Gasteiger partial charge is 0.411 e. The van der Waals surface area contributed by atoms with Crippen molar-refractivity contribution in [2.75, 3.05) is 19.1 Å². The van der Waals surface area contributed by atoms with Crippen LogP contribution in [0.25, 0.3) is 11.5 Å². The second-order valence-electron chi connectivity index (χ2n) is 5.74. The predicted molar refractivity (Wildman–Crippen MR) is 105 cm³/mol. The molecule has 140 valence electrons. The molecule has 1 amide bonds. The molecular formula is C19H18FN3O2S2. The maximum atomic E-state index is 13.8. The van der Waals surface area contributed by atoms with Gasteiger partial charge in [0.2, 0.25) is 5.91 Å². The van der Waals surface area contributed by atoms with Gasteiger partial charge in [0.1, 0.15) is 5.82 Å². The molecule has 0 aliphatic heterocycles. The number of nitrogens with zero attached hydrogens (tertiary/aromatic N) is 3. The zero-order chi connectivity index (χ0) is 19.2.